The topological polar surface area (TPSA) is 55.6 Å². The van der Waals surface area contributed by atoms with E-state index in [2.05, 4.69) is 25.8 Å². The fourth-order valence-electron chi connectivity index (χ4n) is 3.08. The maximum absolute atomic E-state index is 11.6. The number of carbonyl (C=O) groups is 1. The van der Waals surface area contributed by atoms with Gasteiger partial charge in [-0.3, -0.25) is 4.79 Å². The molecule has 112 valence electrons. The van der Waals surface area contributed by atoms with Crippen molar-refractivity contribution in [1.29, 1.82) is 0 Å². The molecular formula is C15H30N2O2. The van der Waals surface area contributed by atoms with Crippen LogP contribution < -0.4 is 5.73 Å². The summed E-state index contributed by atoms with van der Waals surface area (Å²) in [5.74, 6) is 0.528. The standard InChI is InChI=1S/C15H30N2O2/c1-11-6-8-13(9-7-11)17(4)12(2)10-15(3,16)14(18)19-5/h11-13H,6-10,16H2,1-5H3. The minimum Gasteiger partial charge on any atom is -0.468 e. The van der Waals surface area contributed by atoms with E-state index >= 15 is 0 Å². The van der Waals surface area contributed by atoms with Crippen LogP contribution in [0.4, 0.5) is 0 Å². The summed E-state index contributed by atoms with van der Waals surface area (Å²) < 4.78 is 4.77. The highest BCUT2D eigenvalue weighted by Crippen LogP contribution is 2.28. The Morgan fingerprint density at radius 3 is 2.42 bits per heavy atom. The second kappa shape index (κ2) is 6.71. The van der Waals surface area contributed by atoms with Gasteiger partial charge in [0.2, 0.25) is 0 Å². The first-order valence-electron chi connectivity index (χ1n) is 7.37. The molecule has 0 aromatic rings. The van der Waals surface area contributed by atoms with Crippen LogP contribution in [0, 0.1) is 5.92 Å². The van der Waals surface area contributed by atoms with Crippen LogP contribution >= 0.6 is 0 Å². The fraction of sp³-hybridized carbons (Fsp3) is 0.933. The molecule has 4 heteroatoms. The van der Waals surface area contributed by atoms with E-state index in [0.717, 1.165) is 5.92 Å². The van der Waals surface area contributed by atoms with Crippen LogP contribution in [0.5, 0.6) is 0 Å². The van der Waals surface area contributed by atoms with Crippen LogP contribution in [0.3, 0.4) is 0 Å². The Hall–Kier alpha value is -0.610. The van der Waals surface area contributed by atoms with Gasteiger partial charge >= 0.3 is 5.97 Å². The van der Waals surface area contributed by atoms with Gasteiger partial charge in [-0.15, -0.1) is 0 Å². The average molecular weight is 270 g/mol. The summed E-state index contributed by atoms with van der Waals surface area (Å²) in [5, 5.41) is 0. The average Bonchev–Trinajstić information content (AvgIpc) is 2.37. The number of nitrogens with zero attached hydrogens (tertiary/aromatic N) is 1. The molecule has 1 saturated carbocycles. The van der Waals surface area contributed by atoms with E-state index in [1.165, 1.54) is 32.8 Å². The molecule has 0 aromatic carbocycles. The number of esters is 1. The SMILES string of the molecule is COC(=O)C(C)(N)CC(C)N(C)C1CCC(C)CC1. The third-order valence-corrected chi connectivity index (χ3v) is 4.63. The highest BCUT2D eigenvalue weighted by Gasteiger charge is 2.34. The number of nitrogens with two attached hydrogens (primary N) is 1. The predicted molar refractivity (Wildman–Crippen MR) is 77.9 cm³/mol. The summed E-state index contributed by atoms with van der Waals surface area (Å²) in [5.41, 5.74) is 5.16. The van der Waals surface area contributed by atoms with Gasteiger partial charge in [-0.05, 0) is 58.9 Å². The first kappa shape index (κ1) is 16.4. The summed E-state index contributed by atoms with van der Waals surface area (Å²) in [6, 6.07) is 0.909. The summed E-state index contributed by atoms with van der Waals surface area (Å²) in [6.07, 6.45) is 5.74. The van der Waals surface area contributed by atoms with E-state index in [9.17, 15) is 4.79 Å². The van der Waals surface area contributed by atoms with Crippen LogP contribution in [0.15, 0.2) is 0 Å². The highest BCUT2D eigenvalue weighted by molar-refractivity contribution is 5.79. The molecule has 0 radical (unpaired) electrons. The monoisotopic (exact) mass is 270 g/mol. The number of hydrogen-bond acceptors (Lipinski definition) is 4. The summed E-state index contributed by atoms with van der Waals surface area (Å²) in [6.45, 7) is 6.23. The van der Waals surface area contributed by atoms with Crippen LogP contribution in [0.2, 0.25) is 0 Å². The Kier molecular flexibility index (Phi) is 5.81. The second-order valence-electron chi connectivity index (χ2n) is 6.54. The molecule has 19 heavy (non-hydrogen) atoms. The Morgan fingerprint density at radius 2 is 1.95 bits per heavy atom. The molecular weight excluding hydrogens is 240 g/mol. The van der Waals surface area contributed by atoms with E-state index in [4.69, 9.17) is 10.5 Å². The smallest absolute Gasteiger partial charge is 0.325 e. The van der Waals surface area contributed by atoms with Gasteiger partial charge in [-0.2, -0.15) is 0 Å². The summed E-state index contributed by atoms with van der Waals surface area (Å²) in [4.78, 5) is 14.0. The summed E-state index contributed by atoms with van der Waals surface area (Å²) in [7, 11) is 3.54. The van der Waals surface area contributed by atoms with Crippen molar-refractivity contribution in [3.05, 3.63) is 0 Å². The van der Waals surface area contributed by atoms with Crippen molar-refractivity contribution in [1.82, 2.24) is 4.90 Å². The van der Waals surface area contributed by atoms with Crippen LogP contribution in [0.25, 0.3) is 0 Å². The van der Waals surface area contributed by atoms with Crippen LogP contribution in [-0.2, 0) is 9.53 Å². The second-order valence-corrected chi connectivity index (χ2v) is 6.54. The Morgan fingerprint density at radius 1 is 1.42 bits per heavy atom. The molecule has 4 nitrogen and oxygen atoms in total. The van der Waals surface area contributed by atoms with Gasteiger partial charge < -0.3 is 15.4 Å². The highest BCUT2D eigenvalue weighted by atomic mass is 16.5. The van der Waals surface area contributed by atoms with E-state index in [-0.39, 0.29) is 12.0 Å². The van der Waals surface area contributed by atoms with Gasteiger partial charge in [0, 0.05) is 12.1 Å². The lowest BCUT2D eigenvalue weighted by molar-refractivity contribution is -0.147. The molecule has 0 aromatic heterocycles. The number of hydrogen-bond donors (Lipinski definition) is 1. The molecule has 1 fully saturated rings. The zero-order chi connectivity index (χ0) is 14.6. The molecule has 2 N–H and O–H groups in total. The van der Waals surface area contributed by atoms with Crippen molar-refractivity contribution in [3.8, 4) is 0 Å². The zero-order valence-electron chi connectivity index (χ0n) is 13.1. The van der Waals surface area contributed by atoms with E-state index < -0.39 is 5.54 Å². The molecule has 2 atom stereocenters. The van der Waals surface area contributed by atoms with E-state index in [1.54, 1.807) is 6.92 Å². The quantitative estimate of drug-likeness (QED) is 0.778. The third kappa shape index (κ3) is 4.46. The van der Waals surface area contributed by atoms with Crippen molar-refractivity contribution in [2.75, 3.05) is 14.2 Å². The number of methoxy groups -OCH3 is 1. The Bertz CT molecular complexity index is 297. The minimum absolute atomic E-state index is 0.285. The Labute approximate surface area is 117 Å². The lowest BCUT2D eigenvalue weighted by Crippen LogP contribution is -2.52. The third-order valence-electron chi connectivity index (χ3n) is 4.63. The van der Waals surface area contributed by atoms with Gasteiger partial charge in [-0.1, -0.05) is 6.92 Å². The van der Waals surface area contributed by atoms with Crippen LogP contribution in [-0.4, -0.2) is 42.6 Å². The molecule has 0 saturated heterocycles. The van der Waals surface area contributed by atoms with Gasteiger partial charge in [0.25, 0.3) is 0 Å². The molecule has 1 aliphatic carbocycles. The first-order valence-corrected chi connectivity index (χ1v) is 7.37. The van der Waals surface area contributed by atoms with Crippen molar-refractivity contribution < 1.29 is 9.53 Å². The van der Waals surface area contributed by atoms with Gasteiger partial charge in [0.05, 0.1) is 7.11 Å². The Balaban J connectivity index is 2.52. The number of ether oxygens (including phenoxy) is 1. The molecule has 0 spiro atoms. The van der Waals surface area contributed by atoms with Crippen molar-refractivity contribution in [2.24, 2.45) is 11.7 Å². The van der Waals surface area contributed by atoms with E-state index in [1.807, 2.05) is 0 Å². The maximum atomic E-state index is 11.6. The van der Waals surface area contributed by atoms with Crippen molar-refractivity contribution in [2.45, 2.75) is 70.5 Å². The minimum atomic E-state index is -0.898. The molecule has 0 heterocycles. The zero-order valence-corrected chi connectivity index (χ0v) is 13.1. The number of rotatable bonds is 5. The first-order chi connectivity index (χ1) is 8.77. The lowest BCUT2D eigenvalue weighted by atomic mass is 9.85. The molecule has 1 aliphatic rings. The van der Waals surface area contributed by atoms with Gasteiger partial charge in [0.1, 0.15) is 5.54 Å². The van der Waals surface area contributed by atoms with Gasteiger partial charge in [0.15, 0.2) is 0 Å². The normalized spacial score (nSPS) is 28.8. The number of carbonyl (C=O) groups excluding carboxylic acids is 1. The maximum Gasteiger partial charge on any atom is 0.325 e. The lowest BCUT2D eigenvalue weighted by Gasteiger charge is -2.39. The molecule has 1 rings (SSSR count). The van der Waals surface area contributed by atoms with E-state index in [0.29, 0.717) is 12.5 Å². The fourth-order valence-corrected chi connectivity index (χ4v) is 3.08. The molecule has 0 aliphatic heterocycles. The molecule has 0 amide bonds. The van der Waals surface area contributed by atoms with Gasteiger partial charge in [-0.25, -0.2) is 0 Å². The molecule has 2 unspecified atom stereocenters. The predicted octanol–water partition coefficient (Wildman–Crippen LogP) is 2.17. The van der Waals surface area contributed by atoms with Crippen LogP contribution in [0.1, 0.15) is 52.9 Å². The van der Waals surface area contributed by atoms with Crippen molar-refractivity contribution in [3.63, 3.8) is 0 Å². The van der Waals surface area contributed by atoms with Crippen molar-refractivity contribution >= 4 is 5.97 Å². The largest absolute Gasteiger partial charge is 0.468 e. The molecule has 0 bridgehead atoms. The summed E-state index contributed by atoms with van der Waals surface area (Å²) >= 11 is 0.